The number of aromatic amines is 1. The number of amides is 1. The van der Waals surface area contributed by atoms with Crippen LogP contribution in [0.4, 0.5) is 5.13 Å². The molecule has 142 valence electrons. The number of hydrogen-bond acceptors (Lipinski definition) is 5. The summed E-state index contributed by atoms with van der Waals surface area (Å²) in [5.74, 6) is -0.594. The fourth-order valence-corrected chi connectivity index (χ4v) is 4.15. The van der Waals surface area contributed by atoms with Crippen molar-refractivity contribution in [1.29, 1.82) is 0 Å². The number of nitrogens with two attached hydrogens (primary N) is 1. The average Bonchev–Trinajstić information content (AvgIpc) is 3.33. The standard InChI is InChI=1S/C20H18ClN5OS/c21-16-6-2-1-4-12(16)14(7-8-22)19(27)26-20-25-17(11-28-20)15-10-24-18-13(15)5-3-9-23-18/h1-6,9-11,14H,7-8,22H2,(H,23,24)(H,25,26,27). The summed E-state index contributed by atoms with van der Waals surface area (Å²) in [5, 5.41) is 6.91. The Morgan fingerprint density at radius 1 is 1.29 bits per heavy atom. The number of carbonyl (C=O) groups is 1. The van der Waals surface area contributed by atoms with E-state index in [9.17, 15) is 4.79 Å². The van der Waals surface area contributed by atoms with Crippen LogP contribution in [0.15, 0.2) is 54.2 Å². The van der Waals surface area contributed by atoms with Crippen LogP contribution in [0, 0.1) is 0 Å². The van der Waals surface area contributed by atoms with Gasteiger partial charge in [-0.3, -0.25) is 4.79 Å². The van der Waals surface area contributed by atoms with Crippen molar-refractivity contribution in [2.45, 2.75) is 12.3 Å². The maximum atomic E-state index is 12.9. The lowest BCUT2D eigenvalue weighted by molar-refractivity contribution is -0.117. The highest BCUT2D eigenvalue weighted by Gasteiger charge is 2.23. The molecule has 0 aliphatic carbocycles. The SMILES string of the molecule is NCCC(C(=O)Nc1nc(-c2c[nH]c3ncccc23)cs1)c1ccccc1Cl. The van der Waals surface area contributed by atoms with Crippen LogP contribution in [-0.4, -0.2) is 27.4 Å². The van der Waals surface area contributed by atoms with Crippen molar-refractivity contribution in [3.05, 3.63) is 64.8 Å². The molecule has 1 amide bonds. The van der Waals surface area contributed by atoms with Gasteiger partial charge in [-0.05, 0) is 36.7 Å². The van der Waals surface area contributed by atoms with Crippen LogP contribution >= 0.6 is 22.9 Å². The number of carbonyl (C=O) groups excluding carboxylic acids is 1. The quantitative estimate of drug-likeness (QED) is 0.437. The van der Waals surface area contributed by atoms with E-state index < -0.39 is 5.92 Å². The monoisotopic (exact) mass is 411 g/mol. The van der Waals surface area contributed by atoms with Gasteiger partial charge in [0.25, 0.3) is 0 Å². The van der Waals surface area contributed by atoms with Crippen molar-refractivity contribution in [2.24, 2.45) is 5.73 Å². The maximum absolute atomic E-state index is 12.9. The zero-order valence-electron chi connectivity index (χ0n) is 14.9. The number of nitrogens with one attached hydrogen (secondary N) is 2. The highest BCUT2D eigenvalue weighted by atomic mass is 35.5. The summed E-state index contributed by atoms with van der Waals surface area (Å²) in [6.07, 6.45) is 4.11. The predicted octanol–water partition coefficient (Wildman–Crippen LogP) is 4.41. The number of anilines is 1. The first-order valence-corrected chi connectivity index (χ1v) is 10.1. The molecular weight excluding hydrogens is 394 g/mol. The van der Waals surface area contributed by atoms with Gasteiger partial charge in [-0.2, -0.15) is 0 Å². The molecule has 4 N–H and O–H groups in total. The summed E-state index contributed by atoms with van der Waals surface area (Å²) >= 11 is 7.66. The molecule has 8 heteroatoms. The normalized spacial score (nSPS) is 12.2. The van der Waals surface area contributed by atoms with E-state index in [1.54, 1.807) is 12.3 Å². The Morgan fingerprint density at radius 3 is 2.96 bits per heavy atom. The van der Waals surface area contributed by atoms with Crippen LogP contribution < -0.4 is 11.1 Å². The van der Waals surface area contributed by atoms with Gasteiger partial charge in [0, 0.05) is 33.7 Å². The Hall–Kier alpha value is -2.74. The summed E-state index contributed by atoms with van der Waals surface area (Å²) in [6.45, 7) is 0.384. The van der Waals surface area contributed by atoms with Crippen LogP contribution in [0.1, 0.15) is 17.9 Å². The first-order valence-electron chi connectivity index (χ1n) is 8.80. The number of hydrogen-bond donors (Lipinski definition) is 3. The summed E-state index contributed by atoms with van der Waals surface area (Å²) in [4.78, 5) is 24.9. The Balaban J connectivity index is 1.57. The van der Waals surface area contributed by atoms with Gasteiger partial charge in [0.2, 0.25) is 5.91 Å². The van der Waals surface area contributed by atoms with E-state index in [0.29, 0.717) is 23.1 Å². The lowest BCUT2D eigenvalue weighted by atomic mass is 9.95. The van der Waals surface area contributed by atoms with E-state index in [0.717, 1.165) is 27.9 Å². The van der Waals surface area contributed by atoms with E-state index in [2.05, 4.69) is 20.3 Å². The second-order valence-corrected chi connectivity index (χ2v) is 7.55. The molecule has 6 nitrogen and oxygen atoms in total. The molecule has 0 radical (unpaired) electrons. The van der Waals surface area contributed by atoms with Gasteiger partial charge >= 0.3 is 0 Å². The molecule has 1 aromatic carbocycles. The summed E-state index contributed by atoms with van der Waals surface area (Å²) in [5.41, 5.74) is 9.03. The molecule has 0 aliphatic heterocycles. The van der Waals surface area contributed by atoms with Gasteiger partial charge in [0.1, 0.15) is 5.65 Å². The molecule has 0 aliphatic rings. The predicted molar refractivity (Wildman–Crippen MR) is 114 cm³/mol. The molecule has 1 atom stereocenters. The highest BCUT2D eigenvalue weighted by Crippen LogP contribution is 2.32. The fourth-order valence-electron chi connectivity index (χ4n) is 3.17. The van der Waals surface area contributed by atoms with Gasteiger partial charge in [0.05, 0.1) is 11.6 Å². The second-order valence-electron chi connectivity index (χ2n) is 6.28. The minimum Gasteiger partial charge on any atom is -0.345 e. The molecule has 0 fully saturated rings. The fraction of sp³-hybridized carbons (Fsp3) is 0.150. The van der Waals surface area contributed by atoms with Crippen molar-refractivity contribution in [3.8, 4) is 11.3 Å². The summed E-state index contributed by atoms with van der Waals surface area (Å²) in [6, 6.07) is 11.2. The Bertz CT molecular complexity index is 1120. The molecule has 1 unspecified atom stereocenters. The van der Waals surface area contributed by atoms with Crippen molar-refractivity contribution >= 4 is 45.0 Å². The first-order chi connectivity index (χ1) is 13.7. The van der Waals surface area contributed by atoms with Crippen LogP contribution in [0.25, 0.3) is 22.3 Å². The van der Waals surface area contributed by atoms with E-state index >= 15 is 0 Å². The second kappa shape index (κ2) is 8.10. The first kappa shape index (κ1) is 18.6. The number of thiazole rings is 1. The highest BCUT2D eigenvalue weighted by molar-refractivity contribution is 7.14. The van der Waals surface area contributed by atoms with Gasteiger partial charge < -0.3 is 16.0 Å². The Morgan fingerprint density at radius 2 is 2.14 bits per heavy atom. The molecule has 3 aromatic heterocycles. The molecule has 4 rings (SSSR count). The van der Waals surface area contributed by atoms with Crippen molar-refractivity contribution in [3.63, 3.8) is 0 Å². The number of nitrogens with zero attached hydrogens (tertiary/aromatic N) is 2. The third-order valence-corrected chi connectivity index (χ3v) is 5.62. The molecule has 0 saturated heterocycles. The summed E-state index contributed by atoms with van der Waals surface area (Å²) < 4.78 is 0. The smallest absolute Gasteiger partial charge is 0.233 e. The number of rotatable bonds is 6. The zero-order valence-corrected chi connectivity index (χ0v) is 16.4. The van der Waals surface area contributed by atoms with E-state index in [1.165, 1.54) is 11.3 Å². The van der Waals surface area contributed by atoms with Crippen LogP contribution in [0.2, 0.25) is 5.02 Å². The number of fused-ring (bicyclic) bond motifs is 1. The van der Waals surface area contributed by atoms with Gasteiger partial charge in [0.15, 0.2) is 5.13 Å². The molecule has 3 heterocycles. The van der Waals surface area contributed by atoms with Crippen LogP contribution in [0.3, 0.4) is 0 Å². The number of pyridine rings is 1. The topological polar surface area (TPSA) is 96.7 Å². The Kier molecular flexibility index (Phi) is 5.38. The molecule has 0 spiro atoms. The van der Waals surface area contributed by atoms with E-state index in [-0.39, 0.29) is 5.91 Å². The van der Waals surface area contributed by atoms with Crippen molar-refractivity contribution in [1.82, 2.24) is 15.0 Å². The molecule has 28 heavy (non-hydrogen) atoms. The lowest BCUT2D eigenvalue weighted by Gasteiger charge is -2.16. The molecular formula is C20H18ClN5OS. The summed E-state index contributed by atoms with van der Waals surface area (Å²) in [7, 11) is 0. The lowest BCUT2D eigenvalue weighted by Crippen LogP contribution is -2.23. The third kappa shape index (κ3) is 3.64. The van der Waals surface area contributed by atoms with Crippen LogP contribution in [0.5, 0.6) is 0 Å². The number of halogens is 1. The van der Waals surface area contributed by atoms with E-state index in [1.807, 2.05) is 41.9 Å². The number of aromatic nitrogens is 3. The van der Waals surface area contributed by atoms with Crippen molar-refractivity contribution < 1.29 is 4.79 Å². The van der Waals surface area contributed by atoms with Gasteiger partial charge in [-0.15, -0.1) is 11.3 Å². The Labute approximate surface area is 170 Å². The third-order valence-electron chi connectivity index (χ3n) is 4.51. The number of H-pyrrole nitrogens is 1. The van der Waals surface area contributed by atoms with Gasteiger partial charge in [-0.1, -0.05) is 29.8 Å². The largest absolute Gasteiger partial charge is 0.345 e. The molecule has 0 saturated carbocycles. The molecule has 4 aromatic rings. The maximum Gasteiger partial charge on any atom is 0.233 e. The molecule has 0 bridgehead atoms. The average molecular weight is 412 g/mol. The minimum atomic E-state index is -0.427. The van der Waals surface area contributed by atoms with Crippen molar-refractivity contribution in [2.75, 3.05) is 11.9 Å². The number of benzene rings is 1. The minimum absolute atomic E-state index is 0.167. The van der Waals surface area contributed by atoms with Crippen LogP contribution in [-0.2, 0) is 4.79 Å². The van der Waals surface area contributed by atoms with E-state index in [4.69, 9.17) is 17.3 Å². The zero-order chi connectivity index (χ0) is 19.5. The van der Waals surface area contributed by atoms with Gasteiger partial charge in [-0.25, -0.2) is 9.97 Å².